The first-order chi connectivity index (χ1) is 5.20. The maximum absolute atomic E-state index is 8.52. The Labute approximate surface area is 109 Å². The van der Waals surface area contributed by atoms with Gasteiger partial charge in [-0.25, -0.2) is 0 Å². The molecule has 0 heterocycles. The third kappa shape index (κ3) is 98500. The van der Waals surface area contributed by atoms with Gasteiger partial charge in [0.05, 0.1) is 0 Å². The van der Waals surface area contributed by atoms with Crippen LogP contribution in [-0.4, -0.2) is 27.5 Å². The first-order valence-electron chi connectivity index (χ1n) is 1.84. The summed E-state index contributed by atoms with van der Waals surface area (Å²) in [4.78, 5) is 51.1. The molecule has 14 heavy (non-hydrogen) atoms. The summed E-state index contributed by atoms with van der Waals surface area (Å²) in [7, 11) is -10.9. The summed E-state index contributed by atoms with van der Waals surface area (Å²) >= 11 is 0. The van der Waals surface area contributed by atoms with Crippen LogP contribution in [0.15, 0.2) is 0 Å². The summed E-state index contributed by atoms with van der Waals surface area (Å²) in [6.45, 7) is 0. The van der Waals surface area contributed by atoms with E-state index in [2.05, 4.69) is 0 Å². The molecule has 0 saturated heterocycles. The maximum atomic E-state index is 8.52. The first-order valence-corrected chi connectivity index (χ1v) is 5.51. The van der Waals surface area contributed by atoms with Crippen molar-refractivity contribution < 1.29 is 81.7 Å². The Morgan fingerprint density at radius 3 is 0.500 bits per heavy atom. The number of hydrogen-bond acceptors (Lipinski definition) is 9. The topological polar surface area (TPSA) is 190 Å². The van der Waals surface area contributed by atoms with Crippen molar-refractivity contribution in [1.29, 1.82) is 0 Å². The van der Waals surface area contributed by atoms with E-state index in [4.69, 9.17) is 42.2 Å². The molecule has 0 N–H and O–H groups in total. The quantitative estimate of drug-likeness (QED) is 0.240. The van der Waals surface area contributed by atoms with Gasteiger partial charge in [-0.3, -0.25) is 0 Å². The molecule has 0 saturated carbocycles. The van der Waals surface area contributed by atoms with E-state index in [0.717, 1.165) is 0 Å². The molecule has 2 radical (unpaired) electrons. The molecule has 0 aliphatic carbocycles. The summed E-state index contributed by atoms with van der Waals surface area (Å²) in [5.74, 6) is 0. The van der Waals surface area contributed by atoms with Crippen LogP contribution >= 0.6 is 0 Å². The van der Waals surface area contributed by atoms with E-state index in [1.54, 1.807) is 0 Å². The van der Waals surface area contributed by atoms with E-state index >= 15 is 0 Å². The minimum Gasteiger partial charge on any atom is -0.672 e. The smallest absolute Gasteiger partial charge is 0.672 e. The van der Waals surface area contributed by atoms with Gasteiger partial charge in [0.2, 0.25) is 0 Å². The van der Waals surface area contributed by atoms with Crippen LogP contribution in [0.3, 0.4) is 0 Å². The molecular formula is O9Os2Si3. The zero-order valence-corrected chi connectivity index (χ0v) is 14.0. The van der Waals surface area contributed by atoms with Crippen LogP contribution in [0.4, 0.5) is 0 Å². The van der Waals surface area contributed by atoms with Crippen LogP contribution in [0.25, 0.3) is 0 Å². The minimum atomic E-state index is -3.63. The fraction of sp³-hybridized carbons (Fsp3) is 0. The van der Waals surface area contributed by atoms with Crippen LogP contribution in [0.5, 0.6) is 0 Å². The zero-order valence-electron chi connectivity index (χ0n) is 5.88. The van der Waals surface area contributed by atoms with Crippen molar-refractivity contribution in [1.82, 2.24) is 0 Å². The van der Waals surface area contributed by atoms with Crippen LogP contribution in [0.1, 0.15) is 0 Å². The van der Waals surface area contributed by atoms with E-state index in [9.17, 15) is 0 Å². The van der Waals surface area contributed by atoms with Gasteiger partial charge in [0.15, 0.2) is 0 Å². The fourth-order valence-corrected chi connectivity index (χ4v) is 0. The molecule has 82 valence electrons. The average molecular weight is 609 g/mol. The number of hydrogen-bond donors (Lipinski definition) is 0. The molecule has 0 aliphatic heterocycles. The molecule has 0 bridgehead atoms. The van der Waals surface area contributed by atoms with Crippen molar-refractivity contribution in [2.24, 2.45) is 0 Å². The Morgan fingerprint density at radius 1 is 0.500 bits per heavy atom. The van der Waals surface area contributed by atoms with E-state index in [1.807, 2.05) is 0 Å². The Balaban J connectivity index is -0.0000000270. The molecule has 0 aliphatic rings. The molecule has 9 nitrogen and oxygen atoms in total. The second-order valence-electron chi connectivity index (χ2n) is 0.750. The maximum Gasteiger partial charge on any atom is 3.00 e. The zero-order chi connectivity index (χ0) is 10.7. The third-order valence-electron chi connectivity index (χ3n) is 0. The molecule has 0 atom stereocenters. The molecule has 0 aromatic carbocycles. The standard InChI is InChI=1S/3O3Si.2Os/c3*1-4(2)3;;/q3*-2;2*+3. The van der Waals surface area contributed by atoms with Crippen molar-refractivity contribution >= 4 is 27.5 Å². The molecule has 0 aromatic rings. The molecule has 14 heteroatoms. The van der Waals surface area contributed by atoms with Gasteiger partial charge >= 0.3 is 39.6 Å². The number of rotatable bonds is 0. The van der Waals surface area contributed by atoms with Gasteiger partial charge in [-0.15, -0.1) is 0 Å². The molecular weight excluding hydrogens is 609 g/mol. The third-order valence-corrected chi connectivity index (χ3v) is 0. The van der Waals surface area contributed by atoms with Gasteiger partial charge in [-0.05, 0) is 0 Å². The van der Waals surface area contributed by atoms with Crippen LogP contribution in [-0.2, 0) is 53.0 Å². The van der Waals surface area contributed by atoms with E-state index in [-0.39, 0.29) is 39.6 Å². The minimum absolute atomic E-state index is 0. The Morgan fingerprint density at radius 2 is 0.500 bits per heavy atom. The summed E-state index contributed by atoms with van der Waals surface area (Å²) in [5, 5.41) is 0. The second-order valence-corrected chi connectivity index (χ2v) is 2.25. The SMILES string of the molecule is O=[Si]([O-])[O-].O=[Si]([O-])[O-].O=[Si]([O-])[O-].[Os+3].[Os+3]. The molecule has 0 spiro atoms. The average Bonchev–Trinajstić information content (AvgIpc) is 1.54. The van der Waals surface area contributed by atoms with Gasteiger partial charge in [0, 0.05) is 27.5 Å². The largest absolute Gasteiger partial charge is 3.00 e. The van der Waals surface area contributed by atoms with Crippen molar-refractivity contribution in [3.8, 4) is 0 Å². The van der Waals surface area contributed by atoms with E-state index in [1.165, 1.54) is 0 Å². The van der Waals surface area contributed by atoms with Gasteiger partial charge in [0.1, 0.15) is 0 Å². The summed E-state index contributed by atoms with van der Waals surface area (Å²) in [5.41, 5.74) is 0. The van der Waals surface area contributed by atoms with Crippen LogP contribution < -0.4 is 28.8 Å². The molecule has 0 fully saturated rings. The predicted octanol–water partition coefficient (Wildman–Crippen LogP) is -8.64. The second kappa shape index (κ2) is 23.2. The van der Waals surface area contributed by atoms with Gasteiger partial charge in [-0.1, -0.05) is 0 Å². The fourth-order valence-electron chi connectivity index (χ4n) is 0. The summed E-state index contributed by atoms with van der Waals surface area (Å²) in [6, 6.07) is 0. The molecule has 0 unspecified atom stereocenters. The normalized spacial score (nSPS) is 5.14. The Kier molecular flexibility index (Phi) is 48.4. The van der Waals surface area contributed by atoms with E-state index in [0.29, 0.717) is 0 Å². The predicted molar refractivity (Wildman–Crippen MR) is 19.3 cm³/mol. The van der Waals surface area contributed by atoms with Crippen molar-refractivity contribution in [2.75, 3.05) is 0 Å². The first kappa shape index (κ1) is 29.2. The molecule has 0 rings (SSSR count). The molecule has 0 aromatic heterocycles. The Hall–Kier alpha value is 0.123. The van der Waals surface area contributed by atoms with Gasteiger partial charge < -0.3 is 42.2 Å². The summed E-state index contributed by atoms with van der Waals surface area (Å²) < 4.78 is 25.6. The van der Waals surface area contributed by atoms with Crippen molar-refractivity contribution in [3.63, 3.8) is 0 Å². The Bertz CT molecular complexity index is 116. The monoisotopic (exact) mass is 612 g/mol. The summed E-state index contributed by atoms with van der Waals surface area (Å²) in [6.07, 6.45) is 0. The van der Waals surface area contributed by atoms with Crippen molar-refractivity contribution in [3.05, 3.63) is 0 Å². The van der Waals surface area contributed by atoms with Gasteiger partial charge in [0.25, 0.3) is 0 Å². The van der Waals surface area contributed by atoms with Crippen molar-refractivity contribution in [2.45, 2.75) is 0 Å². The molecule has 0 amide bonds. The van der Waals surface area contributed by atoms with Gasteiger partial charge in [-0.2, -0.15) is 0 Å². The van der Waals surface area contributed by atoms with E-state index < -0.39 is 27.5 Å². The van der Waals surface area contributed by atoms with Crippen LogP contribution in [0, 0.1) is 0 Å². The van der Waals surface area contributed by atoms with Crippen LogP contribution in [0.2, 0.25) is 0 Å².